The van der Waals surface area contributed by atoms with Crippen LogP contribution in [0, 0.1) is 5.92 Å². The van der Waals surface area contributed by atoms with Gasteiger partial charge in [-0.25, -0.2) is 8.42 Å². The molecule has 3 atom stereocenters. The van der Waals surface area contributed by atoms with Crippen molar-refractivity contribution in [1.82, 2.24) is 4.90 Å². The molecule has 2 aliphatic heterocycles. The summed E-state index contributed by atoms with van der Waals surface area (Å²) < 4.78 is 28.2. The average molecular weight is 276 g/mol. The summed E-state index contributed by atoms with van der Waals surface area (Å²) in [6, 6.07) is -0.468. The van der Waals surface area contributed by atoms with Crippen LogP contribution < -0.4 is 5.73 Å². The summed E-state index contributed by atoms with van der Waals surface area (Å²) >= 11 is 0. The Morgan fingerprint density at radius 2 is 2.17 bits per heavy atom. The van der Waals surface area contributed by atoms with Crippen molar-refractivity contribution in [3.05, 3.63) is 0 Å². The first-order valence-corrected chi connectivity index (χ1v) is 8.11. The lowest BCUT2D eigenvalue weighted by Gasteiger charge is -2.30. The zero-order valence-corrected chi connectivity index (χ0v) is 11.4. The zero-order valence-electron chi connectivity index (χ0n) is 10.5. The van der Waals surface area contributed by atoms with E-state index in [0.717, 1.165) is 0 Å². The number of amides is 1. The Kier molecular flexibility index (Phi) is 3.93. The highest BCUT2D eigenvalue weighted by Gasteiger charge is 2.39. The number of nitrogens with two attached hydrogens (primary N) is 1. The van der Waals surface area contributed by atoms with Crippen molar-refractivity contribution >= 4 is 15.7 Å². The smallest absolute Gasteiger partial charge is 0.229 e. The van der Waals surface area contributed by atoms with Gasteiger partial charge in [0.15, 0.2) is 9.84 Å². The van der Waals surface area contributed by atoms with Crippen LogP contribution in [0.5, 0.6) is 0 Å². The van der Waals surface area contributed by atoms with Gasteiger partial charge in [-0.1, -0.05) is 0 Å². The van der Waals surface area contributed by atoms with Crippen LogP contribution in [0.3, 0.4) is 0 Å². The van der Waals surface area contributed by atoms with Gasteiger partial charge in [-0.2, -0.15) is 0 Å². The molecule has 18 heavy (non-hydrogen) atoms. The molecule has 2 N–H and O–H groups in total. The van der Waals surface area contributed by atoms with Crippen LogP contribution in [0.2, 0.25) is 0 Å². The molecule has 104 valence electrons. The van der Waals surface area contributed by atoms with Crippen LogP contribution in [0.1, 0.15) is 13.3 Å². The summed E-state index contributed by atoms with van der Waals surface area (Å²) in [7, 11) is -2.98. The molecule has 0 aromatic heterocycles. The Morgan fingerprint density at radius 3 is 2.61 bits per heavy atom. The molecule has 0 spiro atoms. The molecule has 0 bridgehead atoms. The molecule has 2 rings (SSSR count). The third-order valence-electron chi connectivity index (χ3n) is 3.71. The maximum absolute atomic E-state index is 12.4. The highest BCUT2D eigenvalue weighted by atomic mass is 32.2. The summed E-state index contributed by atoms with van der Waals surface area (Å²) in [6.45, 7) is 3.12. The van der Waals surface area contributed by atoms with Crippen molar-refractivity contribution in [2.75, 3.05) is 31.3 Å². The third-order valence-corrected chi connectivity index (χ3v) is 5.47. The number of ether oxygens (including phenoxy) is 1. The van der Waals surface area contributed by atoms with Crippen molar-refractivity contribution in [2.45, 2.75) is 25.4 Å². The quantitative estimate of drug-likeness (QED) is 0.714. The standard InChI is InChI=1S/C11H20N2O4S/c1-2-13(8-3-4-18(15,16)7-8)11(14)9-5-17-6-10(9)12/h8-10H,2-7,12H2,1H3. The fraction of sp³-hybridized carbons (Fsp3) is 0.909. The minimum atomic E-state index is -2.98. The van der Waals surface area contributed by atoms with Crippen molar-refractivity contribution in [1.29, 1.82) is 0 Å². The van der Waals surface area contributed by atoms with Gasteiger partial charge in [-0.05, 0) is 13.3 Å². The van der Waals surface area contributed by atoms with Crippen LogP contribution in [0.25, 0.3) is 0 Å². The second-order valence-electron chi connectivity index (χ2n) is 4.99. The molecule has 6 nitrogen and oxygen atoms in total. The van der Waals surface area contributed by atoms with Gasteiger partial charge in [0.05, 0.1) is 30.6 Å². The molecule has 0 aromatic carbocycles. The summed E-state index contributed by atoms with van der Waals surface area (Å²) in [5.41, 5.74) is 5.83. The first kappa shape index (κ1) is 13.8. The third kappa shape index (κ3) is 2.67. The lowest BCUT2D eigenvalue weighted by Crippen LogP contribution is -2.48. The Bertz CT molecular complexity index is 423. The lowest BCUT2D eigenvalue weighted by atomic mass is 10.0. The Morgan fingerprint density at radius 1 is 1.44 bits per heavy atom. The van der Waals surface area contributed by atoms with E-state index in [1.807, 2.05) is 6.92 Å². The number of nitrogens with zero attached hydrogens (tertiary/aromatic N) is 1. The maximum Gasteiger partial charge on any atom is 0.229 e. The molecule has 0 aliphatic carbocycles. The number of carbonyl (C=O) groups excluding carboxylic acids is 1. The fourth-order valence-electron chi connectivity index (χ4n) is 2.65. The minimum Gasteiger partial charge on any atom is -0.379 e. The second-order valence-corrected chi connectivity index (χ2v) is 7.22. The van der Waals surface area contributed by atoms with Crippen LogP contribution in [0.4, 0.5) is 0 Å². The molecule has 0 saturated carbocycles. The average Bonchev–Trinajstić information content (AvgIpc) is 2.86. The van der Waals surface area contributed by atoms with Gasteiger partial charge in [0.1, 0.15) is 0 Å². The SMILES string of the molecule is CCN(C(=O)C1COCC1N)C1CCS(=O)(=O)C1. The van der Waals surface area contributed by atoms with Crippen molar-refractivity contribution in [2.24, 2.45) is 11.7 Å². The lowest BCUT2D eigenvalue weighted by molar-refractivity contribution is -0.137. The number of sulfone groups is 1. The Labute approximate surface area is 107 Å². The predicted molar refractivity (Wildman–Crippen MR) is 66.7 cm³/mol. The molecule has 2 saturated heterocycles. The number of rotatable bonds is 3. The maximum atomic E-state index is 12.4. The van der Waals surface area contributed by atoms with Gasteiger partial charge in [0, 0.05) is 18.6 Å². The summed E-state index contributed by atoms with van der Waals surface area (Å²) in [6.07, 6.45) is 0.532. The number of hydrogen-bond donors (Lipinski definition) is 1. The van der Waals surface area contributed by atoms with Crippen LogP contribution >= 0.6 is 0 Å². The topological polar surface area (TPSA) is 89.7 Å². The van der Waals surface area contributed by atoms with Crippen LogP contribution in [-0.2, 0) is 19.4 Å². The Hall–Kier alpha value is -0.660. The van der Waals surface area contributed by atoms with Gasteiger partial charge in [0.25, 0.3) is 0 Å². The molecule has 3 unspecified atom stereocenters. The van der Waals surface area contributed by atoms with E-state index in [-0.39, 0.29) is 35.4 Å². The van der Waals surface area contributed by atoms with E-state index in [2.05, 4.69) is 0 Å². The molecule has 0 aromatic rings. The van der Waals surface area contributed by atoms with E-state index < -0.39 is 9.84 Å². The molecule has 7 heteroatoms. The number of hydrogen-bond acceptors (Lipinski definition) is 5. The van der Waals surface area contributed by atoms with Gasteiger partial charge in [-0.15, -0.1) is 0 Å². The van der Waals surface area contributed by atoms with E-state index >= 15 is 0 Å². The minimum absolute atomic E-state index is 0.0652. The molecule has 0 radical (unpaired) electrons. The van der Waals surface area contributed by atoms with Crippen LogP contribution in [0.15, 0.2) is 0 Å². The predicted octanol–water partition coefficient (Wildman–Crippen LogP) is -1.00. The summed E-state index contributed by atoms with van der Waals surface area (Å²) in [5, 5.41) is 0. The van der Waals surface area contributed by atoms with E-state index in [9.17, 15) is 13.2 Å². The van der Waals surface area contributed by atoms with Gasteiger partial charge < -0.3 is 15.4 Å². The second kappa shape index (κ2) is 5.14. The highest BCUT2D eigenvalue weighted by Crippen LogP contribution is 2.22. The first-order valence-electron chi connectivity index (χ1n) is 6.29. The van der Waals surface area contributed by atoms with E-state index in [1.165, 1.54) is 0 Å². The normalized spacial score (nSPS) is 34.7. The molecular formula is C11H20N2O4S. The van der Waals surface area contributed by atoms with Crippen molar-refractivity contribution in [3.8, 4) is 0 Å². The van der Waals surface area contributed by atoms with Gasteiger partial charge in [0.2, 0.25) is 5.91 Å². The van der Waals surface area contributed by atoms with Crippen molar-refractivity contribution < 1.29 is 17.9 Å². The molecular weight excluding hydrogens is 256 g/mol. The van der Waals surface area contributed by atoms with Crippen LogP contribution in [-0.4, -0.2) is 62.6 Å². The van der Waals surface area contributed by atoms with E-state index in [4.69, 9.17) is 10.5 Å². The van der Waals surface area contributed by atoms with E-state index in [1.54, 1.807) is 4.90 Å². The molecule has 2 heterocycles. The van der Waals surface area contributed by atoms with Crippen molar-refractivity contribution in [3.63, 3.8) is 0 Å². The summed E-state index contributed by atoms with van der Waals surface area (Å²) in [5.74, 6) is -0.137. The largest absolute Gasteiger partial charge is 0.379 e. The van der Waals surface area contributed by atoms with Gasteiger partial charge in [-0.3, -0.25) is 4.79 Å². The first-order chi connectivity index (χ1) is 8.44. The van der Waals surface area contributed by atoms with Gasteiger partial charge >= 0.3 is 0 Å². The fourth-order valence-corrected chi connectivity index (χ4v) is 4.38. The zero-order chi connectivity index (χ0) is 13.3. The highest BCUT2D eigenvalue weighted by molar-refractivity contribution is 7.91. The number of carbonyl (C=O) groups is 1. The molecule has 2 aliphatic rings. The van der Waals surface area contributed by atoms with E-state index in [0.29, 0.717) is 26.2 Å². The Balaban J connectivity index is 2.07. The monoisotopic (exact) mass is 276 g/mol. The molecule has 2 fully saturated rings. The summed E-state index contributed by atoms with van der Waals surface area (Å²) in [4.78, 5) is 14.0. The molecule has 1 amide bonds.